The van der Waals surface area contributed by atoms with Gasteiger partial charge in [0, 0.05) is 6.07 Å². The van der Waals surface area contributed by atoms with Crippen molar-refractivity contribution in [3.8, 4) is 11.1 Å². The second kappa shape index (κ2) is 4.49. The molecule has 18 heavy (non-hydrogen) atoms. The van der Waals surface area contributed by atoms with Crippen LogP contribution in [-0.2, 0) is 0 Å². The SMILES string of the molecule is O=[N+]([O-])c1ccc(F)cc1-c1ccsc1[N+](=O)[O-]. The van der Waals surface area contributed by atoms with E-state index in [0.29, 0.717) is 0 Å². The van der Waals surface area contributed by atoms with Crippen LogP contribution >= 0.6 is 11.3 Å². The van der Waals surface area contributed by atoms with Gasteiger partial charge in [-0.2, -0.15) is 0 Å². The Kier molecular flexibility index (Phi) is 3.02. The number of nitro groups is 2. The Morgan fingerprint density at radius 3 is 2.39 bits per heavy atom. The van der Waals surface area contributed by atoms with Crippen LogP contribution in [0.2, 0.25) is 0 Å². The number of thiophene rings is 1. The molecular formula is C10H5FN2O4S. The zero-order valence-electron chi connectivity index (χ0n) is 8.70. The molecule has 0 radical (unpaired) electrons. The first-order chi connectivity index (χ1) is 8.50. The number of hydrogen-bond acceptors (Lipinski definition) is 5. The topological polar surface area (TPSA) is 86.3 Å². The molecule has 1 aromatic heterocycles. The van der Waals surface area contributed by atoms with E-state index < -0.39 is 15.7 Å². The van der Waals surface area contributed by atoms with Crippen molar-refractivity contribution in [1.29, 1.82) is 0 Å². The first-order valence-corrected chi connectivity index (χ1v) is 5.55. The molecule has 0 fully saturated rings. The number of benzene rings is 1. The third-order valence-electron chi connectivity index (χ3n) is 2.26. The lowest BCUT2D eigenvalue weighted by Gasteiger charge is -2.00. The number of hydrogen-bond donors (Lipinski definition) is 0. The predicted octanol–water partition coefficient (Wildman–Crippen LogP) is 3.37. The summed E-state index contributed by atoms with van der Waals surface area (Å²) in [6.07, 6.45) is 0. The number of nitro benzene ring substituents is 1. The van der Waals surface area contributed by atoms with E-state index in [4.69, 9.17) is 0 Å². The van der Waals surface area contributed by atoms with Gasteiger partial charge in [-0.15, -0.1) is 0 Å². The van der Waals surface area contributed by atoms with Crippen LogP contribution in [0.5, 0.6) is 0 Å². The van der Waals surface area contributed by atoms with Gasteiger partial charge in [-0.25, -0.2) is 4.39 Å². The molecule has 1 aromatic carbocycles. The Bertz CT molecular complexity index is 641. The Morgan fingerprint density at radius 1 is 1.06 bits per heavy atom. The molecule has 0 atom stereocenters. The van der Waals surface area contributed by atoms with Crippen molar-refractivity contribution in [2.24, 2.45) is 0 Å². The van der Waals surface area contributed by atoms with Crippen molar-refractivity contribution in [2.45, 2.75) is 0 Å². The van der Waals surface area contributed by atoms with E-state index in [1.54, 1.807) is 0 Å². The van der Waals surface area contributed by atoms with Crippen molar-refractivity contribution in [3.05, 3.63) is 55.7 Å². The zero-order valence-corrected chi connectivity index (χ0v) is 9.52. The molecule has 0 N–H and O–H groups in total. The third kappa shape index (κ3) is 2.05. The summed E-state index contributed by atoms with van der Waals surface area (Å²) in [5, 5.41) is 22.8. The summed E-state index contributed by atoms with van der Waals surface area (Å²) in [6, 6.07) is 4.23. The fourth-order valence-electron chi connectivity index (χ4n) is 1.53. The van der Waals surface area contributed by atoms with E-state index in [9.17, 15) is 24.6 Å². The normalized spacial score (nSPS) is 10.3. The Hall–Kier alpha value is -2.35. The highest BCUT2D eigenvalue weighted by Crippen LogP contribution is 2.39. The first kappa shape index (κ1) is 12.1. The molecule has 2 rings (SSSR count). The van der Waals surface area contributed by atoms with E-state index in [0.717, 1.165) is 29.5 Å². The van der Waals surface area contributed by atoms with Gasteiger partial charge in [0.25, 0.3) is 5.69 Å². The van der Waals surface area contributed by atoms with Gasteiger partial charge in [0.2, 0.25) is 0 Å². The molecule has 0 aliphatic heterocycles. The van der Waals surface area contributed by atoms with Crippen LogP contribution in [-0.4, -0.2) is 9.85 Å². The summed E-state index contributed by atoms with van der Waals surface area (Å²) < 4.78 is 13.1. The van der Waals surface area contributed by atoms with Crippen LogP contribution in [0.1, 0.15) is 0 Å². The molecule has 0 aliphatic carbocycles. The average Bonchev–Trinajstić information content (AvgIpc) is 2.77. The fraction of sp³-hybridized carbons (Fsp3) is 0. The van der Waals surface area contributed by atoms with Crippen LogP contribution in [0, 0.1) is 26.0 Å². The van der Waals surface area contributed by atoms with Gasteiger partial charge in [0.05, 0.1) is 21.0 Å². The lowest BCUT2D eigenvalue weighted by atomic mass is 10.1. The average molecular weight is 268 g/mol. The molecule has 0 saturated heterocycles. The molecular weight excluding hydrogens is 263 g/mol. The molecule has 6 nitrogen and oxygen atoms in total. The summed E-state index contributed by atoms with van der Waals surface area (Å²) in [4.78, 5) is 20.3. The van der Waals surface area contributed by atoms with E-state index in [-0.39, 0.29) is 21.8 Å². The highest BCUT2D eigenvalue weighted by Gasteiger charge is 2.24. The van der Waals surface area contributed by atoms with Crippen LogP contribution in [0.3, 0.4) is 0 Å². The van der Waals surface area contributed by atoms with Crippen molar-refractivity contribution in [1.82, 2.24) is 0 Å². The van der Waals surface area contributed by atoms with Gasteiger partial charge in [-0.05, 0) is 23.6 Å². The van der Waals surface area contributed by atoms with E-state index in [1.165, 1.54) is 11.4 Å². The van der Waals surface area contributed by atoms with Gasteiger partial charge in [-0.1, -0.05) is 11.3 Å². The second-order valence-corrected chi connectivity index (χ2v) is 4.21. The Morgan fingerprint density at radius 2 is 1.78 bits per heavy atom. The fourth-order valence-corrected chi connectivity index (χ4v) is 2.25. The molecule has 0 unspecified atom stereocenters. The van der Waals surface area contributed by atoms with Crippen LogP contribution in [0.4, 0.5) is 15.1 Å². The minimum atomic E-state index is -0.698. The quantitative estimate of drug-likeness (QED) is 0.630. The maximum Gasteiger partial charge on any atom is 0.332 e. The Balaban J connectivity index is 2.69. The molecule has 2 aromatic rings. The molecule has 0 amide bonds. The summed E-state index contributed by atoms with van der Waals surface area (Å²) in [5.74, 6) is -0.684. The van der Waals surface area contributed by atoms with Gasteiger partial charge >= 0.3 is 5.00 Å². The minimum absolute atomic E-state index is 0.0520. The van der Waals surface area contributed by atoms with Crippen LogP contribution in [0.25, 0.3) is 11.1 Å². The molecule has 0 saturated carbocycles. The lowest BCUT2D eigenvalue weighted by Crippen LogP contribution is -1.94. The summed E-state index contributed by atoms with van der Waals surface area (Å²) in [6.45, 7) is 0. The van der Waals surface area contributed by atoms with Gasteiger partial charge in [-0.3, -0.25) is 20.2 Å². The predicted molar refractivity (Wildman–Crippen MR) is 63.0 cm³/mol. The van der Waals surface area contributed by atoms with E-state index in [1.807, 2.05) is 0 Å². The molecule has 0 aliphatic rings. The third-order valence-corrected chi connectivity index (χ3v) is 3.12. The highest BCUT2D eigenvalue weighted by atomic mass is 32.1. The van der Waals surface area contributed by atoms with Gasteiger partial charge in [0.1, 0.15) is 5.82 Å². The maximum atomic E-state index is 13.1. The maximum absolute atomic E-state index is 13.1. The first-order valence-electron chi connectivity index (χ1n) is 4.67. The van der Waals surface area contributed by atoms with Crippen molar-refractivity contribution >= 4 is 22.0 Å². The summed E-state index contributed by atoms with van der Waals surface area (Å²) in [7, 11) is 0. The minimum Gasteiger partial charge on any atom is -0.258 e. The van der Waals surface area contributed by atoms with Crippen LogP contribution in [0.15, 0.2) is 29.6 Å². The lowest BCUT2D eigenvalue weighted by molar-refractivity contribution is -0.385. The van der Waals surface area contributed by atoms with E-state index >= 15 is 0 Å². The molecule has 0 bridgehead atoms. The van der Waals surface area contributed by atoms with E-state index in [2.05, 4.69) is 0 Å². The van der Waals surface area contributed by atoms with Crippen molar-refractivity contribution in [3.63, 3.8) is 0 Å². The van der Waals surface area contributed by atoms with Crippen LogP contribution < -0.4 is 0 Å². The number of nitrogens with zero attached hydrogens (tertiary/aromatic N) is 2. The van der Waals surface area contributed by atoms with Crippen molar-refractivity contribution < 1.29 is 14.2 Å². The largest absolute Gasteiger partial charge is 0.332 e. The molecule has 8 heteroatoms. The number of halogens is 1. The summed E-state index contributed by atoms with van der Waals surface area (Å²) >= 11 is 0.835. The molecule has 0 spiro atoms. The molecule has 92 valence electrons. The number of rotatable bonds is 3. The zero-order chi connectivity index (χ0) is 13.3. The van der Waals surface area contributed by atoms with Gasteiger partial charge in [0.15, 0.2) is 0 Å². The standard InChI is InChI=1S/C10H5FN2O4S/c11-6-1-2-9(12(14)15)8(5-6)7-3-4-18-10(7)13(16)17/h1-5H. The second-order valence-electron chi connectivity index (χ2n) is 3.32. The smallest absolute Gasteiger partial charge is 0.258 e. The highest BCUT2D eigenvalue weighted by molar-refractivity contribution is 7.13. The molecule has 1 heterocycles. The Labute approximate surface area is 104 Å². The summed E-state index contributed by atoms with van der Waals surface area (Å²) in [5.41, 5.74) is -0.401. The van der Waals surface area contributed by atoms with Crippen molar-refractivity contribution in [2.75, 3.05) is 0 Å². The van der Waals surface area contributed by atoms with Gasteiger partial charge < -0.3 is 0 Å². The monoisotopic (exact) mass is 268 g/mol.